The molecule has 3 atom stereocenters. The number of fused-ring (bicyclic) bond motifs is 1. The van der Waals surface area contributed by atoms with Crippen molar-refractivity contribution in [1.29, 1.82) is 0 Å². The van der Waals surface area contributed by atoms with Crippen LogP contribution in [0.1, 0.15) is 45.4 Å². The monoisotopic (exact) mass is 328 g/mol. The average molecular weight is 329 g/mol. The molecule has 3 aliphatic rings. The lowest BCUT2D eigenvalue weighted by Crippen LogP contribution is -2.43. The molecule has 128 valence electrons. The van der Waals surface area contributed by atoms with E-state index in [2.05, 4.69) is 16.5 Å². The molecule has 3 aliphatic heterocycles. The van der Waals surface area contributed by atoms with Crippen LogP contribution >= 0.6 is 11.9 Å². The standard InChI is InChI=1S/C17H32N2O2S/c1-14(9-15-10-16(11-20-2)18-22-12-15)21-13-17-5-3-7-19(17)8-4-6-17/h14-16,18H,3-13H2,1-2H3. The Kier molecular flexibility index (Phi) is 6.07. The van der Waals surface area contributed by atoms with Gasteiger partial charge in [-0.05, 0) is 64.5 Å². The Morgan fingerprint density at radius 3 is 2.82 bits per heavy atom. The van der Waals surface area contributed by atoms with E-state index >= 15 is 0 Å². The fraction of sp³-hybridized carbons (Fsp3) is 1.00. The summed E-state index contributed by atoms with van der Waals surface area (Å²) >= 11 is 1.86. The molecular weight excluding hydrogens is 296 g/mol. The zero-order chi connectivity index (χ0) is 15.4. The minimum absolute atomic E-state index is 0.379. The third-order valence-electron chi connectivity index (χ3n) is 5.67. The van der Waals surface area contributed by atoms with Gasteiger partial charge in [0.1, 0.15) is 0 Å². The average Bonchev–Trinajstić information content (AvgIpc) is 3.05. The topological polar surface area (TPSA) is 33.7 Å². The van der Waals surface area contributed by atoms with E-state index < -0.39 is 0 Å². The molecule has 0 aromatic carbocycles. The number of nitrogens with zero attached hydrogens (tertiary/aromatic N) is 1. The Balaban J connectivity index is 1.41. The minimum Gasteiger partial charge on any atom is -0.383 e. The molecule has 3 unspecified atom stereocenters. The highest BCUT2D eigenvalue weighted by atomic mass is 32.2. The van der Waals surface area contributed by atoms with Gasteiger partial charge in [-0.25, -0.2) is 0 Å². The highest BCUT2D eigenvalue weighted by Crippen LogP contribution is 2.39. The molecule has 0 aromatic rings. The van der Waals surface area contributed by atoms with E-state index in [-0.39, 0.29) is 0 Å². The Bertz CT molecular complexity index is 344. The van der Waals surface area contributed by atoms with E-state index in [1.165, 1.54) is 57.4 Å². The van der Waals surface area contributed by atoms with Gasteiger partial charge >= 0.3 is 0 Å². The van der Waals surface area contributed by atoms with Gasteiger partial charge in [0.05, 0.1) is 19.3 Å². The molecule has 22 heavy (non-hydrogen) atoms. The quantitative estimate of drug-likeness (QED) is 0.727. The van der Waals surface area contributed by atoms with Crippen LogP contribution in [-0.4, -0.2) is 61.8 Å². The fourth-order valence-electron chi connectivity index (χ4n) is 4.57. The molecule has 0 aromatic heterocycles. The van der Waals surface area contributed by atoms with Crippen LogP contribution in [0.5, 0.6) is 0 Å². The van der Waals surface area contributed by atoms with E-state index in [1.807, 2.05) is 11.9 Å². The van der Waals surface area contributed by atoms with Gasteiger partial charge in [-0.3, -0.25) is 9.62 Å². The maximum Gasteiger partial charge on any atom is 0.0654 e. The number of rotatable bonds is 7. The van der Waals surface area contributed by atoms with Gasteiger partial charge in [0.15, 0.2) is 0 Å². The summed E-state index contributed by atoms with van der Waals surface area (Å²) in [5.41, 5.74) is 0.399. The van der Waals surface area contributed by atoms with Gasteiger partial charge in [-0.2, -0.15) is 0 Å². The molecule has 3 fully saturated rings. The second-order valence-corrected chi connectivity index (χ2v) is 8.32. The first kappa shape index (κ1) is 17.0. The molecule has 3 rings (SSSR count). The molecule has 5 heteroatoms. The van der Waals surface area contributed by atoms with Gasteiger partial charge in [-0.1, -0.05) is 11.9 Å². The van der Waals surface area contributed by atoms with Crippen molar-refractivity contribution in [2.45, 2.75) is 63.1 Å². The fourth-order valence-corrected chi connectivity index (χ4v) is 5.57. The van der Waals surface area contributed by atoms with Crippen LogP contribution in [0.2, 0.25) is 0 Å². The minimum atomic E-state index is 0.379. The van der Waals surface area contributed by atoms with E-state index in [9.17, 15) is 0 Å². The smallest absolute Gasteiger partial charge is 0.0654 e. The van der Waals surface area contributed by atoms with Crippen LogP contribution in [0, 0.1) is 5.92 Å². The maximum atomic E-state index is 6.33. The zero-order valence-corrected chi connectivity index (χ0v) is 15.0. The van der Waals surface area contributed by atoms with Crippen molar-refractivity contribution in [3.05, 3.63) is 0 Å². The van der Waals surface area contributed by atoms with Gasteiger partial charge < -0.3 is 9.47 Å². The molecule has 1 N–H and O–H groups in total. The van der Waals surface area contributed by atoms with E-state index in [0.717, 1.165) is 19.1 Å². The molecule has 3 heterocycles. The predicted molar refractivity (Wildman–Crippen MR) is 92.2 cm³/mol. The van der Waals surface area contributed by atoms with Crippen molar-refractivity contribution in [3.63, 3.8) is 0 Å². The normalized spacial score (nSPS) is 33.0. The summed E-state index contributed by atoms with van der Waals surface area (Å²) in [7, 11) is 1.79. The molecule has 0 amide bonds. The van der Waals surface area contributed by atoms with Crippen molar-refractivity contribution >= 4 is 11.9 Å². The maximum absolute atomic E-state index is 6.33. The van der Waals surface area contributed by atoms with Crippen molar-refractivity contribution in [2.24, 2.45) is 5.92 Å². The summed E-state index contributed by atoms with van der Waals surface area (Å²) < 4.78 is 15.1. The largest absolute Gasteiger partial charge is 0.383 e. The molecule has 0 spiro atoms. The number of nitrogens with one attached hydrogen (secondary N) is 1. The number of methoxy groups -OCH3 is 1. The second kappa shape index (κ2) is 7.84. The molecule has 3 saturated heterocycles. The van der Waals surface area contributed by atoms with Gasteiger partial charge in [-0.15, -0.1) is 0 Å². The summed E-state index contributed by atoms with van der Waals surface area (Å²) in [6, 6.07) is 0.500. The van der Waals surface area contributed by atoms with Crippen LogP contribution in [0.3, 0.4) is 0 Å². The van der Waals surface area contributed by atoms with Crippen LogP contribution in [0.4, 0.5) is 0 Å². The van der Waals surface area contributed by atoms with Gasteiger partial charge in [0.25, 0.3) is 0 Å². The Morgan fingerprint density at radius 2 is 2.09 bits per heavy atom. The summed E-state index contributed by atoms with van der Waals surface area (Å²) in [6.45, 7) is 6.62. The van der Waals surface area contributed by atoms with E-state index in [1.54, 1.807) is 7.11 Å². The van der Waals surface area contributed by atoms with Crippen molar-refractivity contribution in [1.82, 2.24) is 9.62 Å². The van der Waals surface area contributed by atoms with Crippen molar-refractivity contribution < 1.29 is 9.47 Å². The summed E-state index contributed by atoms with van der Waals surface area (Å²) in [5.74, 6) is 1.95. The van der Waals surface area contributed by atoms with Crippen LogP contribution in [0.25, 0.3) is 0 Å². The Hall–Kier alpha value is 0.190. The van der Waals surface area contributed by atoms with Gasteiger partial charge in [0.2, 0.25) is 0 Å². The first-order valence-corrected chi connectivity index (χ1v) is 9.93. The number of ether oxygens (including phenoxy) is 2. The number of hydrogen-bond donors (Lipinski definition) is 1. The van der Waals surface area contributed by atoms with E-state index in [4.69, 9.17) is 9.47 Å². The highest BCUT2D eigenvalue weighted by molar-refractivity contribution is 7.97. The first-order valence-electron chi connectivity index (χ1n) is 8.95. The van der Waals surface area contributed by atoms with Gasteiger partial charge in [0, 0.05) is 24.4 Å². The second-order valence-electron chi connectivity index (χ2n) is 7.46. The molecule has 0 aliphatic carbocycles. The van der Waals surface area contributed by atoms with Crippen LogP contribution < -0.4 is 4.72 Å². The molecule has 0 bridgehead atoms. The zero-order valence-electron chi connectivity index (χ0n) is 14.2. The third-order valence-corrected chi connectivity index (χ3v) is 6.81. The summed E-state index contributed by atoms with van der Waals surface area (Å²) in [6.07, 6.45) is 8.20. The Morgan fingerprint density at radius 1 is 1.32 bits per heavy atom. The third kappa shape index (κ3) is 3.99. The highest BCUT2D eigenvalue weighted by Gasteiger charge is 2.44. The SMILES string of the molecule is COCC1CC(CC(C)OCC23CCCN2CCC3)CSN1. The lowest BCUT2D eigenvalue weighted by molar-refractivity contribution is -0.0141. The Labute approximate surface area is 139 Å². The van der Waals surface area contributed by atoms with Crippen molar-refractivity contribution in [3.8, 4) is 0 Å². The van der Waals surface area contributed by atoms with Crippen LogP contribution in [-0.2, 0) is 9.47 Å². The molecular formula is C17H32N2O2S. The lowest BCUT2D eigenvalue weighted by Gasteiger charge is -2.34. The predicted octanol–water partition coefficient (Wildman–Crippen LogP) is 2.68. The first-order chi connectivity index (χ1) is 10.7. The lowest BCUT2D eigenvalue weighted by atomic mass is 9.94. The molecule has 0 saturated carbocycles. The van der Waals surface area contributed by atoms with E-state index in [0.29, 0.717) is 17.7 Å². The summed E-state index contributed by atoms with van der Waals surface area (Å²) in [4.78, 5) is 2.69. The van der Waals surface area contributed by atoms with Crippen molar-refractivity contribution in [2.75, 3.05) is 39.2 Å². The van der Waals surface area contributed by atoms with Crippen LogP contribution in [0.15, 0.2) is 0 Å². The molecule has 4 nitrogen and oxygen atoms in total. The number of hydrogen-bond acceptors (Lipinski definition) is 5. The molecule has 0 radical (unpaired) electrons. The summed E-state index contributed by atoms with van der Waals surface area (Å²) in [5, 5.41) is 0.